The SMILES string of the molecule is CCCC(=O)CN(C)Cc1scnc1C. The zero-order chi connectivity index (χ0) is 11.3. The molecule has 3 nitrogen and oxygen atoms in total. The van der Waals surface area contributed by atoms with Crippen LogP contribution in [0.2, 0.25) is 0 Å². The Hall–Kier alpha value is -0.740. The second-order valence-corrected chi connectivity index (χ2v) is 4.76. The van der Waals surface area contributed by atoms with Gasteiger partial charge in [0.2, 0.25) is 0 Å². The predicted octanol–water partition coefficient (Wildman–Crippen LogP) is 2.25. The number of carbonyl (C=O) groups excluding carboxylic acids is 1. The molecule has 84 valence electrons. The topological polar surface area (TPSA) is 33.2 Å². The van der Waals surface area contributed by atoms with Crippen LogP contribution in [-0.2, 0) is 11.3 Å². The summed E-state index contributed by atoms with van der Waals surface area (Å²) < 4.78 is 0. The Bertz CT molecular complexity index is 322. The van der Waals surface area contributed by atoms with Crippen molar-refractivity contribution in [2.24, 2.45) is 0 Å². The van der Waals surface area contributed by atoms with E-state index in [2.05, 4.69) is 9.88 Å². The second kappa shape index (κ2) is 5.98. The van der Waals surface area contributed by atoms with Crippen molar-refractivity contribution in [1.29, 1.82) is 0 Å². The number of Topliss-reactive ketones (excluding diaryl/α,β-unsaturated/α-hetero) is 1. The van der Waals surface area contributed by atoms with Crippen LogP contribution >= 0.6 is 11.3 Å². The molecule has 0 fully saturated rings. The lowest BCUT2D eigenvalue weighted by Gasteiger charge is -2.14. The lowest BCUT2D eigenvalue weighted by atomic mass is 10.2. The molecule has 0 atom stereocenters. The summed E-state index contributed by atoms with van der Waals surface area (Å²) in [5.41, 5.74) is 2.93. The third kappa shape index (κ3) is 4.10. The molecular formula is C11H18N2OS. The molecule has 0 unspecified atom stereocenters. The van der Waals surface area contributed by atoms with E-state index < -0.39 is 0 Å². The van der Waals surface area contributed by atoms with Crippen LogP contribution in [0.3, 0.4) is 0 Å². The van der Waals surface area contributed by atoms with Gasteiger partial charge in [-0.1, -0.05) is 6.92 Å². The lowest BCUT2D eigenvalue weighted by molar-refractivity contribution is -0.120. The van der Waals surface area contributed by atoms with Crippen LogP contribution in [-0.4, -0.2) is 29.3 Å². The molecule has 0 aliphatic carbocycles. The third-order valence-corrected chi connectivity index (χ3v) is 3.15. The van der Waals surface area contributed by atoms with E-state index in [9.17, 15) is 4.79 Å². The van der Waals surface area contributed by atoms with E-state index >= 15 is 0 Å². The van der Waals surface area contributed by atoms with Gasteiger partial charge in [-0.2, -0.15) is 0 Å². The van der Waals surface area contributed by atoms with E-state index in [1.165, 1.54) is 4.88 Å². The fraction of sp³-hybridized carbons (Fsp3) is 0.636. The summed E-state index contributed by atoms with van der Waals surface area (Å²) in [6.07, 6.45) is 1.62. The van der Waals surface area contributed by atoms with Crippen LogP contribution in [0.4, 0.5) is 0 Å². The number of aryl methyl sites for hydroxylation is 1. The van der Waals surface area contributed by atoms with E-state index in [1.807, 2.05) is 26.4 Å². The first-order valence-corrected chi connectivity index (χ1v) is 6.10. The van der Waals surface area contributed by atoms with Crippen molar-refractivity contribution < 1.29 is 4.79 Å². The van der Waals surface area contributed by atoms with Crippen molar-refractivity contribution in [1.82, 2.24) is 9.88 Å². The Morgan fingerprint density at radius 2 is 2.33 bits per heavy atom. The molecule has 0 aromatic carbocycles. The number of likely N-dealkylation sites (N-methyl/N-ethyl adjacent to an activating group) is 1. The zero-order valence-electron chi connectivity index (χ0n) is 9.62. The van der Waals surface area contributed by atoms with Crippen molar-refractivity contribution in [2.45, 2.75) is 33.2 Å². The summed E-state index contributed by atoms with van der Waals surface area (Å²) >= 11 is 1.65. The number of rotatable bonds is 6. The minimum absolute atomic E-state index is 0.321. The Labute approximate surface area is 95.1 Å². The standard InChI is InChI=1S/C11H18N2OS/c1-4-5-10(14)6-13(3)7-11-9(2)12-8-15-11/h8H,4-7H2,1-3H3. The summed E-state index contributed by atoms with van der Waals surface area (Å²) in [6.45, 7) is 5.41. The van der Waals surface area contributed by atoms with Gasteiger partial charge >= 0.3 is 0 Å². The molecule has 1 aromatic rings. The summed E-state index contributed by atoms with van der Waals surface area (Å²) in [4.78, 5) is 18.9. The lowest BCUT2D eigenvalue weighted by Crippen LogP contribution is -2.25. The number of nitrogens with zero attached hydrogens (tertiary/aromatic N) is 2. The number of ketones is 1. The van der Waals surface area contributed by atoms with Gasteiger partial charge in [-0.15, -0.1) is 11.3 Å². The van der Waals surface area contributed by atoms with Gasteiger partial charge in [-0.3, -0.25) is 9.69 Å². The first kappa shape index (κ1) is 12.3. The molecule has 0 N–H and O–H groups in total. The molecule has 0 amide bonds. The summed E-state index contributed by atoms with van der Waals surface area (Å²) in [7, 11) is 1.98. The highest BCUT2D eigenvalue weighted by atomic mass is 32.1. The maximum atomic E-state index is 11.4. The smallest absolute Gasteiger partial charge is 0.146 e. The number of carbonyl (C=O) groups is 1. The zero-order valence-corrected chi connectivity index (χ0v) is 10.4. The van der Waals surface area contributed by atoms with Crippen LogP contribution in [0.5, 0.6) is 0 Å². The maximum absolute atomic E-state index is 11.4. The summed E-state index contributed by atoms with van der Waals surface area (Å²) in [5.74, 6) is 0.321. The Morgan fingerprint density at radius 3 is 2.87 bits per heavy atom. The van der Waals surface area contributed by atoms with Crippen LogP contribution in [0.15, 0.2) is 5.51 Å². The predicted molar refractivity (Wildman–Crippen MR) is 63.1 cm³/mol. The molecule has 0 aliphatic heterocycles. The number of hydrogen-bond acceptors (Lipinski definition) is 4. The summed E-state index contributed by atoms with van der Waals surface area (Å²) in [5, 5.41) is 0. The Kier molecular flexibility index (Phi) is 4.91. The van der Waals surface area contributed by atoms with Gasteiger partial charge in [-0.05, 0) is 20.4 Å². The number of thiazole rings is 1. The van der Waals surface area contributed by atoms with Crippen LogP contribution in [0.25, 0.3) is 0 Å². The van der Waals surface area contributed by atoms with Gasteiger partial charge in [0.05, 0.1) is 17.7 Å². The quantitative estimate of drug-likeness (QED) is 0.746. The van der Waals surface area contributed by atoms with Crippen LogP contribution in [0.1, 0.15) is 30.3 Å². The molecule has 1 heterocycles. The molecule has 0 saturated carbocycles. The molecule has 0 bridgehead atoms. The minimum Gasteiger partial charge on any atom is -0.298 e. The highest BCUT2D eigenvalue weighted by Gasteiger charge is 2.08. The van der Waals surface area contributed by atoms with E-state index in [1.54, 1.807) is 11.3 Å². The molecule has 15 heavy (non-hydrogen) atoms. The number of hydrogen-bond donors (Lipinski definition) is 0. The van der Waals surface area contributed by atoms with Gasteiger partial charge in [0.1, 0.15) is 5.78 Å². The first-order valence-electron chi connectivity index (χ1n) is 5.22. The van der Waals surface area contributed by atoms with Gasteiger partial charge in [0, 0.05) is 17.8 Å². The van der Waals surface area contributed by atoms with Crippen LogP contribution < -0.4 is 0 Å². The highest BCUT2D eigenvalue weighted by Crippen LogP contribution is 2.13. The second-order valence-electron chi connectivity index (χ2n) is 3.82. The van der Waals surface area contributed by atoms with Crippen molar-refractivity contribution in [2.75, 3.05) is 13.6 Å². The third-order valence-electron chi connectivity index (χ3n) is 2.23. The highest BCUT2D eigenvalue weighted by molar-refractivity contribution is 7.09. The van der Waals surface area contributed by atoms with E-state index in [0.29, 0.717) is 18.7 Å². The van der Waals surface area contributed by atoms with Crippen molar-refractivity contribution >= 4 is 17.1 Å². The summed E-state index contributed by atoms with van der Waals surface area (Å²) in [6, 6.07) is 0. The molecule has 0 spiro atoms. The molecule has 1 rings (SSSR count). The fourth-order valence-corrected chi connectivity index (χ4v) is 2.29. The van der Waals surface area contributed by atoms with Crippen molar-refractivity contribution in [3.63, 3.8) is 0 Å². The maximum Gasteiger partial charge on any atom is 0.146 e. The van der Waals surface area contributed by atoms with Crippen molar-refractivity contribution in [3.8, 4) is 0 Å². The average Bonchev–Trinajstić information content (AvgIpc) is 2.52. The van der Waals surface area contributed by atoms with Gasteiger partial charge in [0.15, 0.2) is 0 Å². The fourth-order valence-electron chi connectivity index (χ4n) is 1.44. The van der Waals surface area contributed by atoms with Gasteiger partial charge < -0.3 is 0 Å². The molecule has 1 aromatic heterocycles. The van der Waals surface area contributed by atoms with Crippen molar-refractivity contribution in [3.05, 3.63) is 16.1 Å². The monoisotopic (exact) mass is 226 g/mol. The Balaban J connectivity index is 2.39. The molecular weight excluding hydrogens is 208 g/mol. The first-order chi connectivity index (χ1) is 7.13. The molecule has 0 aliphatic rings. The van der Waals surface area contributed by atoms with E-state index in [4.69, 9.17) is 0 Å². The Morgan fingerprint density at radius 1 is 1.60 bits per heavy atom. The van der Waals surface area contributed by atoms with Gasteiger partial charge in [0.25, 0.3) is 0 Å². The normalized spacial score (nSPS) is 10.9. The average molecular weight is 226 g/mol. The number of aromatic nitrogens is 1. The molecule has 0 saturated heterocycles. The minimum atomic E-state index is 0.321. The van der Waals surface area contributed by atoms with Gasteiger partial charge in [-0.25, -0.2) is 4.98 Å². The largest absolute Gasteiger partial charge is 0.298 e. The van der Waals surface area contributed by atoms with Crippen LogP contribution in [0, 0.1) is 6.92 Å². The molecule has 4 heteroatoms. The molecule has 0 radical (unpaired) electrons. The van der Waals surface area contributed by atoms with E-state index in [-0.39, 0.29) is 0 Å². The van der Waals surface area contributed by atoms with E-state index in [0.717, 1.165) is 18.7 Å².